The first-order valence-electron chi connectivity index (χ1n) is 9.33. The molecule has 0 saturated heterocycles. The van der Waals surface area contributed by atoms with Crippen LogP contribution in [0.2, 0.25) is 0 Å². The van der Waals surface area contributed by atoms with Crippen LogP contribution in [0.5, 0.6) is 0 Å². The van der Waals surface area contributed by atoms with Crippen molar-refractivity contribution in [1.29, 1.82) is 0 Å². The van der Waals surface area contributed by atoms with Crippen molar-refractivity contribution in [2.24, 2.45) is 0 Å². The first kappa shape index (κ1) is 18.4. The molecule has 0 saturated carbocycles. The molecule has 0 aliphatic carbocycles. The minimum atomic E-state index is -0.404. The van der Waals surface area contributed by atoms with E-state index in [0.717, 1.165) is 28.5 Å². The third-order valence-corrected chi connectivity index (χ3v) is 6.01. The molecule has 4 nitrogen and oxygen atoms in total. The van der Waals surface area contributed by atoms with E-state index >= 15 is 0 Å². The first-order chi connectivity index (χ1) is 13.5. The molecule has 4 rings (SSSR count). The lowest BCUT2D eigenvalue weighted by atomic mass is 10.1. The predicted octanol–water partition coefficient (Wildman–Crippen LogP) is 5.07. The zero-order valence-electron chi connectivity index (χ0n) is 15.8. The number of thiophene rings is 1. The van der Waals surface area contributed by atoms with Gasteiger partial charge in [-0.3, -0.25) is 4.79 Å². The molecular formula is C23H21NO3S. The van der Waals surface area contributed by atoms with Crippen molar-refractivity contribution in [3.05, 3.63) is 81.0 Å². The Hall–Kier alpha value is -2.92. The Labute approximate surface area is 166 Å². The van der Waals surface area contributed by atoms with Crippen LogP contribution in [-0.2, 0) is 6.42 Å². The van der Waals surface area contributed by atoms with E-state index in [4.69, 9.17) is 4.42 Å². The Bertz CT molecular complexity index is 1210. The summed E-state index contributed by atoms with van der Waals surface area (Å²) in [5.41, 5.74) is 2.48. The fourth-order valence-electron chi connectivity index (χ4n) is 3.31. The Morgan fingerprint density at radius 3 is 2.68 bits per heavy atom. The molecule has 142 valence electrons. The standard InChI is InChI=1S/C23H21NO3S/c1-14-8-11-19-17(12-14)21-18(23(26)27-19)13-20(28-21)22(25)24-15(2)9-10-16-6-4-3-5-7-16/h3-8,11-13,15H,9-10H2,1-2H3,(H,24,25)/t15-/m0/s1. The molecule has 0 bridgehead atoms. The van der Waals surface area contributed by atoms with Crippen molar-refractivity contribution in [1.82, 2.24) is 5.32 Å². The van der Waals surface area contributed by atoms with Crippen LogP contribution in [0.1, 0.15) is 34.1 Å². The number of amides is 1. The van der Waals surface area contributed by atoms with Crippen LogP contribution in [0.15, 0.2) is 63.8 Å². The second kappa shape index (κ2) is 7.60. The van der Waals surface area contributed by atoms with Gasteiger partial charge in [0.05, 0.1) is 15.0 Å². The summed E-state index contributed by atoms with van der Waals surface area (Å²) in [5.74, 6) is -0.151. The van der Waals surface area contributed by atoms with Crippen LogP contribution in [0.25, 0.3) is 21.1 Å². The van der Waals surface area contributed by atoms with Gasteiger partial charge in [-0.15, -0.1) is 11.3 Å². The molecule has 2 heterocycles. The predicted molar refractivity (Wildman–Crippen MR) is 114 cm³/mol. The Morgan fingerprint density at radius 1 is 1.11 bits per heavy atom. The van der Waals surface area contributed by atoms with Crippen LogP contribution in [0.3, 0.4) is 0 Å². The van der Waals surface area contributed by atoms with Crippen molar-refractivity contribution in [2.45, 2.75) is 32.7 Å². The summed E-state index contributed by atoms with van der Waals surface area (Å²) in [6.07, 6.45) is 1.76. The summed E-state index contributed by atoms with van der Waals surface area (Å²) in [6, 6.07) is 17.6. The molecule has 28 heavy (non-hydrogen) atoms. The van der Waals surface area contributed by atoms with Gasteiger partial charge in [0.2, 0.25) is 0 Å². The van der Waals surface area contributed by atoms with Gasteiger partial charge in [-0.25, -0.2) is 4.79 Å². The fraction of sp³-hybridized carbons (Fsp3) is 0.217. The smallest absolute Gasteiger partial charge is 0.345 e. The van der Waals surface area contributed by atoms with Crippen molar-refractivity contribution < 1.29 is 9.21 Å². The van der Waals surface area contributed by atoms with Gasteiger partial charge >= 0.3 is 5.63 Å². The van der Waals surface area contributed by atoms with Crippen molar-refractivity contribution in [2.75, 3.05) is 0 Å². The highest BCUT2D eigenvalue weighted by molar-refractivity contribution is 7.21. The number of benzene rings is 2. The lowest BCUT2D eigenvalue weighted by Gasteiger charge is -2.13. The lowest BCUT2D eigenvalue weighted by Crippen LogP contribution is -2.32. The van der Waals surface area contributed by atoms with E-state index in [2.05, 4.69) is 17.4 Å². The van der Waals surface area contributed by atoms with Gasteiger partial charge < -0.3 is 9.73 Å². The third-order valence-electron chi connectivity index (χ3n) is 4.84. The van der Waals surface area contributed by atoms with E-state index in [1.54, 1.807) is 12.1 Å². The van der Waals surface area contributed by atoms with E-state index in [-0.39, 0.29) is 11.9 Å². The molecule has 0 fully saturated rings. The number of rotatable bonds is 5. The fourth-order valence-corrected chi connectivity index (χ4v) is 4.38. The Morgan fingerprint density at radius 2 is 1.89 bits per heavy atom. The summed E-state index contributed by atoms with van der Waals surface area (Å²) in [7, 11) is 0. The minimum Gasteiger partial charge on any atom is -0.422 e. The van der Waals surface area contributed by atoms with Gasteiger partial charge in [0.25, 0.3) is 5.91 Å². The maximum absolute atomic E-state index is 12.7. The molecule has 0 unspecified atom stereocenters. The topological polar surface area (TPSA) is 59.3 Å². The third kappa shape index (κ3) is 3.71. The van der Waals surface area contributed by atoms with Crippen molar-refractivity contribution in [3.63, 3.8) is 0 Å². The molecule has 2 aromatic heterocycles. The molecule has 2 aromatic carbocycles. The number of nitrogens with one attached hydrogen (secondary N) is 1. The maximum atomic E-state index is 12.7. The maximum Gasteiger partial charge on any atom is 0.345 e. The number of carbonyl (C=O) groups excluding carboxylic acids is 1. The van der Waals surface area contributed by atoms with Crippen LogP contribution in [-0.4, -0.2) is 11.9 Å². The summed E-state index contributed by atoms with van der Waals surface area (Å²) in [6.45, 7) is 3.99. The van der Waals surface area contributed by atoms with Crippen LogP contribution < -0.4 is 10.9 Å². The molecule has 1 atom stereocenters. The van der Waals surface area contributed by atoms with Gasteiger partial charge in [0.15, 0.2) is 0 Å². The van der Waals surface area contributed by atoms with Crippen molar-refractivity contribution >= 4 is 38.3 Å². The van der Waals surface area contributed by atoms with Crippen LogP contribution in [0, 0.1) is 6.92 Å². The summed E-state index contributed by atoms with van der Waals surface area (Å²) in [5, 5.41) is 4.38. The van der Waals surface area contributed by atoms with Crippen LogP contribution >= 0.6 is 11.3 Å². The minimum absolute atomic E-state index is 0.0355. The molecule has 0 aliphatic heterocycles. The van der Waals surface area contributed by atoms with Crippen molar-refractivity contribution in [3.8, 4) is 0 Å². The number of carbonyl (C=O) groups is 1. The zero-order valence-corrected chi connectivity index (χ0v) is 16.6. The number of fused-ring (bicyclic) bond motifs is 3. The largest absolute Gasteiger partial charge is 0.422 e. The second-order valence-electron chi connectivity index (χ2n) is 7.14. The molecule has 0 radical (unpaired) electrons. The second-order valence-corrected chi connectivity index (χ2v) is 8.19. The molecule has 1 N–H and O–H groups in total. The highest BCUT2D eigenvalue weighted by atomic mass is 32.1. The normalized spacial score (nSPS) is 12.4. The Kier molecular flexibility index (Phi) is 5.01. The summed E-state index contributed by atoms with van der Waals surface area (Å²) < 4.78 is 6.21. The molecule has 4 aromatic rings. The summed E-state index contributed by atoms with van der Waals surface area (Å²) >= 11 is 1.34. The number of hydrogen-bond donors (Lipinski definition) is 1. The molecule has 0 spiro atoms. The molecule has 0 aliphatic rings. The van der Waals surface area contributed by atoms with Gasteiger partial charge in [-0.05, 0) is 50.5 Å². The average Bonchev–Trinajstić information content (AvgIpc) is 3.15. The zero-order chi connectivity index (χ0) is 19.7. The van der Waals surface area contributed by atoms with Gasteiger partial charge in [-0.1, -0.05) is 42.0 Å². The van der Waals surface area contributed by atoms with Gasteiger partial charge in [0, 0.05) is 11.4 Å². The van der Waals surface area contributed by atoms with E-state index in [1.807, 2.05) is 44.2 Å². The monoisotopic (exact) mass is 391 g/mol. The summed E-state index contributed by atoms with van der Waals surface area (Å²) in [4.78, 5) is 25.6. The highest BCUT2D eigenvalue weighted by Crippen LogP contribution is 2.31. The van der Waals surface area contributed by atoms with Gasteiger partial charge in [0.1, 0.15) is 5.58 Å². The Balaban J connectivity index is 1.56. The quantitative estimate of drug-likeness (QED) is 0.483. The number of aryl methyl sites for hydroxylation is 2. The van der Waals surface area contributed by atoms with E-state index in [0.29, 0.717) is 15.8 Å². The van der Waals surface area contributed by atoms with E-state index < -0.39 is 5.63 Å². The van der Waals surface area contributed by atoms with E-state index in [1.165, 1.54) is 16.9 Å². The molecular weight excluding hydrogens is 370 g/mol. The van der Waals surface area contributed by atoms with E-state index in [9.17, 15) is 9.59 Å². The van der Waals surface area contributed by atoms with Gasteiger partial charge in [-0.2, -0.15) is 0 Å². The van der Waals surface area contributed by atoms with Crippen LogP contribution in [0.4, 0.5) is 0 Å². The average molecular weight is 391 g/mol. The number of hydrogen-bond acceptors (Lipinski definition) is 4. The SMILES string of the molecule is Cc1ccc2oc(=O)c3cc(C(=O)N[C@@H](C)CCc4ccccc4)sc3c2c1. The molecule has 5 heteroatoms. The molecule has 1 amide bonds. The highest BCUT2D eigenvalue weighted by Gasteiger charge is 2.17. The first-order valence-corrected chi connectivity index (χ1v) is 10.1. The lowest BCUT2D eigenvalue weighted by molar-refractivity contribution is 0.0942.